The Morgan fingerprint density at radius 3 is 2.25 bits per heavy atom. The Morgan fingerprint density at radius 2 is 1.71 bits per heavy atom. The van der Waals surface area contributed by atoms with Crippen LogP contribution in [0.15, 0.2) is 59.1 Å². The SMILES string of the molecule is CCC(CNC(=O)Cc1ccc(Br)cc1)(C(=O)O)c1ccccc1. The van der Waals surface area contributed by atoms with Crippen molar-refractivity contribution in [3.05, 3.63) is 70.2 Å². The molecular weight excluding hydrogens is 370 g/mol. The molecule has 0 fully saturated rings. The summed E-state index contributed by atoms with van der Waals surface area (Å²) in [6, 6.07) is 16.5. The minimum Gasteiger partial charge on any atom is -0.481 e. The van der Waals surface area contributed by atoms with E-state index in [4.69, 9.17) is 0 Å². The fourth-order valence-corrected chi connectivity index (χ4v) is 2.90. The summed E-state index contributed by atoms with van der Waals surface area (Å²) < 4.78 is 0.951. The van der Waals surface area contributed by atoms with E-state index in [2.05, 4.69) is 21.2 Å². The van der Waals surface area contributed by atoms with Gasteiger partial charge in [0, 0.05) is 11.0 Å². The zero-order chi connectivity index (χ0) is 17.6. The number of benzene rings is 2. The number of halogens is 1. The number of amides is 1. The van der Waals surface area contributed by atoms with Crippen molar-refractivity contribution in [1.29, 1.82) is 0 Å². The molecule has 2 N–H and O–H groups in total. The van der Waals surface area contributed by atoms with Crippen LogP contribution in [0.2, 0.25) is 0 Å². The van der Waals surface area contributed by atoms with E-state index in [0.717, 1.165) is 10.0 Å². The average Bonchev–Trinajstić information content (AvgIpc) is 2.58. The van der Waals surface area contributed by atoms with Gasteiger partial charge in [-0.25, -0.2) is 0 Å². The van der Waals surface area contributed by atoms with Crippen LogP contribution in [-0.4, -0.2) is 23.5 Å². The van der Waals surface area contributed by atoms with Crippen molar-refractivity contribution in [2.75, 3.05) is 6.54 Å². The lowest BCUT2D eigenvalue weighted by atomic mass is 9.78. The second kappa shape index (κ2) is 8.11. The van der Waals surface area contributed by atoms with Crippen molar-refractivity contribution in [3.63, 3.8) is 0 Å². The van der Waals surface area contributed by atoms with Crippen LogP contribution in [0.25, 0.3) is 0 Å². The first-order chi connectivity index (χ1) is 11.5. The topological polar surface area (TPSA) is 66.4 Å². The van der Waals surface area contributed by atoms with Crippen LogP contribution in [0.3, 0.4) is 0 Å². The van der Waals surface area contributed by atoms with E-state index >= 15 is 0 Å². The molecule has 1 atom stereocenters. The highest BCUT2D eigenvalue weighted by Gasteiger charge is 2.38. The standard InChI is InChI=1S/C19H20BrNO3/c1-2-19(18(23)24,15-6-4-3-5-7-15)13-21-17(22)12-14-8-10-16(20)11-9-14/h3-11H,2,12-13H2,1H3,(H,21,22)(H,23,24). The number of carboxylic acid groups (broad SMARTS) is 1. The number of hydrogen-bond donors (Lipinski definition) is 2. The molecule has 2 aromatic rings. The van der Waals surface area contributed by atoms with Gasteiger partial charge >= 0.3 is 5.97 Å². The Hall–Kier alpha value is -2.14. The third kappa shape index (κ3) is 4.23. The molecule has 0 bridgehead atoms. The monoisotopic (exact) mass is 389 g/mol. The van der Waals surface area contributed by atoms with Gasteiger partial charge in [0.25, 0.3) is 0 Å². The summed E-state index contributed by atoms with van der Waals surface area (Å²) in [6.45, 7) is 1.89. The highest BCUT2D eigenvalue weighted by Crippen LogP contribution is 2.27. The van der Waals surface area contributed by atoms with Gasteiger partial charge in [0.1, 0.15) is 5.41 Å². The fraction of sp³-hybridized carbons (Fsp3) is 0.263. The molecule has 0 saturated carbocycles. The molecule has 0 aliphatic rings. The predicted octanol–water partition coefficient (Wildman–Crippen LogP) is 3.54. The van der Waals surface area contributed by atoms with Gasteiger partial charge < -0.3 is 10.4 Å². The first kappa shape index (κ1) is 18.2. The van der Waals surface area contributed by atoms with Gasteiger partial charge in [-0.1, -0.05) is 65.3 Å². The van der Waals surface area contributed by atoms with Gasteiger partial charge in [-0.15, -0.1) is 0 Å². The number of hydrogen-bond acceptors (Lipinski definition) is 2. The first-order valence-electron chi connectivity index (χ1n) is 7.78. The zero-order valence-corrected chi connectivity index (χ0v) is 15.0. The zero-order valence-electron chi connectivity index (χ0n) is 13.5. The smallest absolute Gasteiger partial charge is 0.315 e. The van der Waals surface area contributed by atoms with Crippen LogP contribution in [0.1, 0.15) is 24.5 Å². The van der Waals surface area contributed by atoms with Crippen molar-refractivity contribution >= 4 is 27.8 Å². The Labute approximate surface area is 150 Å². The molecule has 0 saturated heterocycles. The summed E-state index contributed by atoms with van der Waals surface area (Å²) in [5.74, 6) is -1.12. The third-order valence-electron chi connectivity index (χ3n) is 4.20. The maximum atomic E-state index is 12.2. The second-order valence-electron chi connectivity index (χ2n) is 5.69. The van der Waals surface area contributed by atoms with E-state index in [9.17, 15) is 14.7 Å². The molecule has 1 amide bonds. The van der Waals surface area contributed by atoms with Crippen LogP contribution in [0.4, 0.5) is 0 Å². The number of carboxylic acids is 1. The van der Waals surface area contributed by atoms with E-state index in [1.807, 2.05) is 49.4 Å². The van der Waals surface area contributed by atoms with Crippen LogP contribution in [-0.2, 0) is 21.4 Å². The molecule has 2 rings (SSSR count). The van der Waals surface area contributed by atoms with E-state index in [1.165, 1.54) is 0 Å². The van der Waals surface area contributed by atoms with Crippen molar-refractivity contribution < 1.29 is 14.7 Å². The molecule has 0 radical (unpaired) electrons. The lowest BCUT2D eigenvalue weighted by Gasteiger charge is -2.29. The summed E-state index contributed by atoms with van der Waals surface area (Å²) in [4.78, 5) is 24.1. The van der Waals surface area contributed by atoms with Crippen molar-refractivity contribution in [3.8, 4) is 0 Å². The lowest BCUT2D eigenvalue weighted by molar-refractivity contribution is -0.144. The number of aliphatic carboxylic acids is 1. The van der Waals surface area contributed by atoms with Gasteiger partial charge in [-0.2, -0.15) is 0 Å². The Bertz CT molecular complexity index is 700. The summed E-state index contributed by atoms with van der Waals surface area (Å²) >= 11 is 3.35. The molecular formula is C19H20BrNO3. The van der Waals surface area contributed by atoms with E-state index < -0.39 is 11.4 Å². The molecule has 5 heteroatoms. The molecule has 0 spiro atoms. The maximum absolute atomic E-state index is 12.2. The minimum atomic E-state index is -1.11. The minimum absolute atomic E-state index is 0.0677. The molecule has 24 heavy (non-hydrogen) atoms. The summed E-state index contributed by atoms with van der Waals surface area (Å²) in [7, 11) is 0. The normalized spacial score (nSPS) is 13.1. The molecule has 126 valence electrons. The Kier molecular flexibility index (Phi) is 6.15. The van der Waals surface area contributed by atoms with Gasteiger partial charge in [-0.05, 0) is 29.7 Å². The number of nitrogens with one attached hydrogen (secondary N) is 1. The van der Waals surface area contributed by atoms with E-state index in [-0.39, 0.29) is 18.9 Å². The second-order valence-corrected chi connectivity index (χ2v) is 6.60. The van der Waals surface area contributed by atoms with Gasteiger partial charge in [0.15, 0.2) is 0 Å². The Balaban J connectivity index is 2.09. The number of carbonyl (C=O) groups is 2. The van der Waals surface area contributed by atoms with E-state index in [1.54, 1.807) is 12.1 Å². The molecule has 0 aliphatic carbocycles. The molecule has 0 aliphatic heterocycles. The van der Waals surface area contributed by atoms with Crippen molar-refractivity contribution in [2.45, 2.75) is 25.2 Å². The van der Waals surface area contributed by atoms with Crippen LogP contribution in [0.5, 0.6) is 0 Å². The predicted molar refractivity (Wildman–Crippen MR) is 96.9 cm³/mol. The van der Waals surface area contributed by atoms with Crippen LogP contribution < -0.4 is 5.32 Å². The summed E-state index contributed by atoms with van der Waals surface area (Å²) in [5.41, 5.74) is 0.466. The van der Waals surface area contributed by atoms with Crippen LogP contribution >= 0.6 is 15.9 Å². The largest absolute Gasteiger partial charge is 0.481 e. The maximum Gasteiger partial charge on any atom is 0.315 e. The number of carbonyl (C=O) groups excluding carboxylic acids is 1. The highest BCUT2D eigenvalue weighted by atomic mass is 79.9. The van der Waals surface area contributed by atoms with E-state index in [0.29, 0.717) is 12.0 Å². The third-order valence-corrected chi connectivity index (χ3v) is 4.73. The summed E-state index contributed by atoms with van der Waals surface area (Å²) in [6.07, 6.45) is 0.617. The average molecular weight is 390 g/mol. The number of rotatable bonds is 7. The first-order valence-corrected chi connectivity index (χ1v) is 8.57. The highest BCUT2D eigenvalue weighted by molar-refractivity contribution is 9.10. The quantitative estimate of drug-likeness (QED) is 0.760. The lowest BCUT2D eigenvalue weighted by Crippen LogP contribution is -2.46. The fourth-order valence-electron chi connectivity index (χ4n) is 2.64. The Morgan fingerprint density at radius 1 is 1.08 bits per heavy atom. The van der Waals surface area contributed by atoms with Gasteiger partial charge in [-0.3, -0.25) is 9.59 Å². The molecule has 4 nitrogen and oxygen atoms in total. The summed E-state index contributed by atoms with van der Waals surface area (Å²) in [5, 5.41) is 12.5. The van der Waals surface area contributed by atoms with Gasteiger partial charge in [0.2, 0.25) is 5.91 Å². The molecule has 0 aromatic heterocycles. The molecule has 2 aromatic carbocycles. The van der Waals surface area contributed by atoms with Crippen LogP contribution in [0, 0.1) is 0 Å². The molecule has 0 heterocycles. The van der Waals surface area contributed by atoms with Gasteiger partial charge in [0.05, 0.1) is 6.42 Å². The van der Waals surface area contributed by atoms with Crippen molar-refractivity contribution in [2.24, 2.45) is 0 Å². The van der Waals surface area contributed by atoms with Crippen molar-refractivity contribution in [1.82, 2.24) is 5.32 Å². The molecule has 1 unspecified atom stereocenters.